The normalized spacial score (nSPS) is 10.5. The third kappa shape index (κ3) is 3.03. The summed E-state index contributed by atoms with van der Waals surface area (Å²) in [5.74, 6) is -0.136. The Kier molecular flexibility index (Phi) is 4.22. The Bertz CT molecular complexity index is 766. The highest BCUT2D eigenvalue weighted by atomic mass is 32.1. The van der Waals surface area contributed by atoms with Crippen LogP contribution < -0.4 is 10.4 Å². The minimum Gasteiger partial charge on any atom is -0.288 e. The molecule has 0 aliphatic rings. The first-order chi connectivity index (χ1) is 10.6. The molecule has 0 bridgehead atoms. The van der Waals surface area contributed by atoms with Crippen molar-refractivity contribution in [3.63, 3.8) is 0 Å². The minimum atomic E-state index is -0.136. The average Bonchev–Trinajstić information content (AvgIpc) is 3.17. The zero-order valence-electron chi connectivity index (χ0n) is 12.2. The highest BCUT2D eigenvalue weighted by molar-refractivity contribution is 7.17. The number of hydrazine groups is 1. The summed E-state index contributed by atoms with van der Waals surface area (Å²) in [6.45, 7) is 1.86. The molecule has 112 valence electrons. The van der Waals surface area contributed by atoms with Crippen molar-refractivity contribution in [3.8, 4) is 10.6 Å². The number of carbonyl (C=O) groups excluding carboxylic acids is 1. The molecule has 1 aromatic carbocycles. The standard InChI is InChI=1S/C16H15N3OS2/c1-11-14(22-16(17-11)12-8-9-21-10-12)15(20)18-19(2)13-6-4-3-5-7-13/h3-10H,1-2H3,(H,18,20). The van der Waals surface area contributed by atoms with Crippen LogP contribution in [0.25, 0.3) is 10.6 Å². The summed E-state index contributed by atoms with van der Waals surface area (Å²) < 4.78 is 0. The van der Waals surface area contributed by atoms with Crippen LogP contribution in [0.15, 0.2) is 47.2 Å². The molecule has 0 atom stereocenters. The molecule has 4 nitrogen and oxygen atoms in total. The highest BCUT2D eigenvalue weighted by Gasteiger charge is 2.17. The van der Waals surface area contributed by atoms with E-state index in [1.807, 2.05) is 61.1 Å². The largest absolute Gasteiger partial charge is 0.288 e. The van der Waals surface area contributed by atoms with E-state index in [1.165, 1.54) is 11.3 Å². The molecule has 0 saturated carbocycles. The molecule has 2 heterocycles. The van der Waals surface area contributed by atoms with Crippen LogP contribution in [-0.2, 0) is 0 Å². The van der Waals surface area contributed by atoms with Crippen LogP contribution >= 0.6 is 22.7 Å². The zero-order valence-corrected chi connectivity index (χ0v) is 13.9. The first kappa shape index (κ1) is 14.7. The third-order valence-corrected chi connectivity index (χ3v) is 5.07. The number of aryl methyl sites for hydroxylation is 1. The van der Waals surface area contributed by atoms with Gasteiger partial charge >= 0.3 is 0 Å². The quantitative estimate of drug-likeness (QED) is 0.737. The van der Waals surface area contributed by atoms with E-state index in [2.05, 4.69) is 10.4 Å². The summed E-state index contributed by atoms with van der Waals surface area (Å²) in [7, 11) is 1.82. The summed E-state index contributed by atoms with van der Waals surface area (Å²) in [4.78, 5) is 17.6. The number of anilines is 1. The van der Waals surface area contributed by atoms with E-state index in [4.69, 9.17) is 0 Å². The lowest BCUT2D eigenvalue weighted by Crippen LogP contribution is -2.39. The van der Waals surface area contributed by atoms with Crippen LogP contribution in [0, 0.1) is 6.92 Å². The Balaban J connectivity index is 1.78. The molecule has 22 heavy (non-hydrogen) atoms. The molecule has 0 aliphatic heterocycles. The first-order valence-electron chi connectivity index (χ1n) is 6.75. The molecule has 0 unspecified atom stereocenters. The van der Waals surface area contributed by atoms with Crippen molar-refractivity contribution in [2.45, 2.75) is 6.92 Å². The maximum atomic E-state index is 12.5. The molecule has 0 saturated heterocycles. The van der Waals surface area contributed by atoms with Gasteiger partial charge in [-0.3, -0.25) is 15.2 Å². The molecule has 0 aliphatic carbocycles. The molecule has 1 N–H and O–H groups in total. The summed E-state index contributed by atoms with van der Waals surface area (Å²) in [5, 5.41) is 6.64. The molecular weight excluding hydrogens is 314 g/mol. The number of hydrogen-bond acceptors (Lipinski definition) is 5. The van der Waals surface area contributed by atoms with E-state index in [-0.39, 0.29) is 5.91 Å². The molecular formula is C16H15N3OS2. The Hall–Kier alpha value is -2.18. The van der Waals surface area contributed by atoms with Crippen molar-refractivity contribution in [3.05, 3.63) is 57.7 Å². The number of amides is 1. The lowest BCUT2D eigenvalue weighted by atomic mass is 10.3. The number of para-hydroxylation sites is 1. The number of rotatable bonds is 4. The molecule has 1 amide bonds. The van der Waals surface area contributed by atoms with Gasteiger partial charge < -0.3 is 0 Å². The van der Waals surface area contributed by atoms with Gasteiger partial charge in [-0.2, -0.15) is 11.3 Å². The summed E-state index contributed by atoms with van der Waals surface area (Å²) in [6, 6.07) is 11.7. The van der Waals surface area contributed by atoms with Crippen molar-refractivity contribution in [1.29, 1.82) is 0 Å². The fourth-order valence-corrected chi connectivity index (χ4v) is 3.70. The average molecular weight is 329 g/mol. The van der Waals surface area contributed by atoms with Crippen LogP contribution in [-0.4, -0.2) is 17.9 Å². The van der Waals surface area contributed by atoms with Crippen LogP contribution in [0.3, 0.4) is 0 Å². The van der Waals surface area contributed by atoms with E-state index in [0.717, 1.165) is 22.0 Å². The Morgan fingerprint density at radius 2 is 2.00 bits per heavy atom. The van der Waals surface area contributed by atoms with Gasteiger partial charge in [0.25, 0.3) is 5.91 Å². The predicted molar refractivity (Wildman–Crippen MR) is 92.5 cm³/mol. The van der Waals surface area contributed by atoms with Crippen molar-refractivity contribution in [1.82, 2.24) is 10.4 Å². The first-order valence-corrected chi connectivity index (χ1v) is 8.51. The number of thiazole rings is 1. The number of benzene rings is 1. The molecule has 0 fully saturated rings. The van der Waals surface area contributed by atoms with Gasteiger partial charge in [0.2, 0.25) is 0 Å². The molecule has 3 rings (SSSR count). The summed E-state index contributed by atoms with van der Waals surface area (Å²) >= 11 is 3.04. The van der Waals surface area contributed by atoms with Crippen LogP contribution in [0.2, 0.25) is 0 Å². The van der Waals surface area contributed by atoms with Crippen LogP contribution in [0.5, 0.6) is 0 Å². The van der Waals surface area contributed by atoms with Gasteiger partial charge in [0.15, 0.2) is 0 Å². The number of carbonyl (C=O) groups is 1. The summed E-state index contributed by atoms with van der Waals surface area (Å²) in [5.41, 5.74) is 5.62. The van der Waals surface area contributed by atoms with Gasteiger partial charge in [-0.1, -0.05) is 18.2 Å². The summed E-state index contributed by atoms with van der Waals surface area (Å²) in [6.07, 6.45) is 0. The van der Waals surface area contributed by atoms with Crippen molar-refractivity contribution >= 4 is 34.3 Å². The van der Waals surface area contributed by atoms with Crippen molar-refractivity contribution < 1.29 is 4.79 Å². The maximum Gasteiger partial charge on any atom is 0.281 e. The Labute approximate surface area is 137 Å². The van der Waals surface area contributed by atoms with E-state index < -0.39 is 0 Å². The highest BCUT2D eigenvalue weighted by Crippen LogP contribution is 2.29. The SMILES string of the molecule is Cc1nc(-c2ccsc2)sc1C(=O)NN(C)c1ccccc1. The molecule has 0 radical (unpaired) electrons. The van der Waals surface area contributed by atoms with Gasteiger partial charge in [-0.25, -0.2) is 4.98 Å². The number of nitrogens with one attached hydrogen (secondary N) is 1. The van der Waals surface area contributed by atoms with Crippen LogP contribution in [0.4, 0.5) is 5.69 Å². The predicted octanol–water partition coefficient (Wildman–Crippen LogP) is 3.96. The van der Waals surface area contributed by atoms with E-state index in [0.29, 0.717) is 4.88 Å². The van der Waals surface area contributed by atoms with Crippen LogP contribution in [0.1, 0.15) is 15.4 Å². The second-order valence-corrected chi connectivity index (χ2v) is 6.56. The van der Waals surface area contributed by atoms with E-state index >= 15 is 0 Å². The van der Waals surface area contributed by atoms with Gasteiger partial charge in [-0.05, 0) is 30.5 Å². The topological polar surface area (TPSA) is 45.2 Å². The monoisotopic (exact) mass is 329 g/mol. The number of aromatic nitrogens is 1. The molecule has 6 heteroatoms. The maximum absolute atomic E-state index is 12.5. The van der Waals surface area contributed by atoms with E-state index in [9.17, 15) is 4.79 Å². The molecule has 0 spiro atoms. The number of hydrogen-bond donors (Lipinski definition) is 1. The van der Waals surface area contributed by atoms with Gasteiger partial charge in [0.1, 0.15) is 9.88 Å². The second kappa shape index (κ2) is 6.29. The third-order valence-electron chi connectivity index (χ3n) is 3.18. The Morgan fingerprint density at radius 3 is 2.68 bits per heavy atom. The van der Waals surface area contributed by atoms with Gasteiger partial charge in [0.05, 0.1) is 11.4 Å². The van der Waals surface area contributed by atoms with Crippen molar-refractivity contribution in [2.24, 2.45) is 0 Å². The molecule has 3 aromatic rings. The second-order valence-electron chi connectivity index (χ2n) is 4.78. The van der Waals surface area contributed by atoms with Gasteiger partial charge in [-0.15, -0.1) is 11.3 Å². The molecule has 2 aromatic heterocycles. The smallest absolute Gasteiger partial charge is 0.281 e. The fourth-order valence-electron chi connectivity index (χ4n) is 2.04. The lowest BCUT2D eigenvalue weighted by Gasteiger charge is -2.19. The van der Waals surface area contributed by atoms with E-state index in [1.54, 1.807) is 16.3 Å². The van der Waals surface area contributed by atoms with Gasteiger partial charge in [0, 0.05) is 18.0 Å². The minimum absolute atomic E-state index is 0.136. The fraction of sp³-hybridized carbons (Fsp3) is 0.125. The zero-order chi connectivity index (χ0) is 15.5. The number of nitrogens with zero attached hydrogens (tertiary/aromatic N) is 2. The number of thiophene rings is 1. The Morgan fingerprint density at radius 1 is 1.23 bits per heavy atom. The lowest BCUT2D eigenvalue weighted by molar-refractivity contribution is 0.0954. The van der Waals surface area contributed by atoms with Crippen molar-refractivity contribution in [2.75, 3.05) is 12.1 Å².